The van der Waals surface area contributed by atoms with Crippen LogP contribution in [0.2, 0.25) is 5.28 Å². The van der Waals surface area contributed by atoms with Crippen molar-refractivity contribution in [1.29, 1.82) is 0 Å². The summed E-state index contributed by atoms with van der Waals surface area (Å²) < 4.78 is 13.5. The summed E-state index contributed by atoms with van der Waals surface area (Å²) in [6, 6.07) is 1.97. The Kier molecular flexibility index (Phi) is 5.39. The molecule has 0 aromatic carbocycles. The lowest BCUT2D eigenvalue weighted by Gasteiger charge is -2.30. The van der Waals surface area contributed by atoms with Crippen molar-refractivity contribution in [3.05, 3.63) is 23.2 Å². The Morgan fingerprint density at radius 3 is 2.50 bits per heavy atom. The number of aromatic nitrogens is 3. The van der Waals surface area contributed by atoms with Crippen LogP contribution in [0.1, 0.15) is 39.7 Å². The lowest BCUT2D eigenvalue weighted by atomic mass is 10.1. The number of hydrogen-bond donors (Lipinski definition) is 1. The lowest BCUT2D eigenvalue weighted by Crippen LogP contribution is -2.37. The van der Waals surface area contributed by atoms with Crippen LogP contribution in [-0.2, 0) is 15.0 Å². The fraction of sp³-hybridized carbons (Fsp3) is 0.600. The minimum Gasteiger partial charge on any atom is -0.347 e. The van der Waals surface area contributed by atoms with E-state index < -0.39 is 6.29 Å². The minimum atomic E-state index is -0.478. The highest BCUT2D eigenvalue weighted by Gasteiger charge is 2.29. The van der Waals surface area contributed by atoms with E-state index in [-0.39, 0.29) is 10.8 Å². The maximum Gasteiger partial charge on any atom is 0.224 e. The number of halogens is 1. The molecule has 2 rings (SSSR count). The van der Waals surface area contributed by atoms with Gasteiger partial charge in [0.15, 0.2) is 6.29 Å². The molecule has 0 saturated heterocycles. The smallest absolute Gasteiger partial charge is 0.224 e. The van der Waals surface area contributed by atoms with Gasteiger partial charge in [-0.2, -0.15) is 4.98 Å². The van der Waals surface area contributed by atoms with Gasteiger partial charge in [-0.25, -0.2) is 4.98 Å². The molecular formula is C15H23ClN4O2. The quantitative estimate of drug-likeness (QED) is 0.625. The third-order valence-electron chi connectivity index (χ3n) is 3.52. The summed E-state index contributed by atoms with van der Waals surface area (Å²) in [6.45, 7) is 9.48. The standard InChI is InChI=1S/C15H23ClN4O2/c1-5-21-13(22-6-2)11-7-10-8-18-14(16)19-12(10)20(11)15(3,4)9-17/h7-8,13H,5-6,9,17H2,1-4H3. The van der Waals surface area contributed by atoms with Gasteiger partial charge in [0, 0.05) is 31.3 Å². The fourth-order valence-electron chi connectivity index (χ4n) is 2.41. The van der Waals surface area contributed by atoms with Crippen molar-refractivity contribution in [2.45, 2.75) is 39.5 Å². The molecule has 0 fully saturated rings. The molecule has 7 heteroatoms. The van der Waals surface area contributed by atoms with Gasteiger partial charge in [-0.3, -0.25) is 0 Å². The lowest BCUT2D eigenvalue weighted by molar-refractivity contribution is -0.145. The van der Waals surface area contributed by atoms with Gasteiger partial charge < -0.3 is 19.8 Å². The van der Waals surface area contributed by atoms with E-state index in [2.05, 4.69) is 9.97 Å². The third-order valence-corrected chi connectivity index (χ3v) is 3.70. The molecule has 0 aliphatic heterocycles. The Bertz CT molecular complexity index is 636. The van der Waals surface area contributed by atoms with Crippen LogP contribution in [0.25, 0.3) is 11.0 Å². The Hall–Kier alpha value is -1.21. The van der Waals surface area contributed by atoms with Gasteiger partial charge in [-0.05, 0) is 45.4 Å². The van der Waals surface area contributed by atoms with Crippen LogP contribution < -0.4 is 5.73 Å². The number of hydrogen-bond acceptors (Lipinski definition) is 5. The molecule has 0 atom stereocenters. The molecular weight excluding hydrogens is 304 g/mol. The van der Waals surface area contributed by atoms with Gasteiger partial charge in [-0.15, -0.1) is 0 Å². The summed E-state index contributed by atoms with van der Waals surface area (Å²) in [6.07, 6.45) is 1.22. The molecule has 0 spiro atoms. The zero-order chi connectivity index (χ0) is 16.3. The molecule has 22 heavy (non-hydrogen) atoms. The van der Waals surface area contributed by atoms with Crippen molar-refractivity contribution < 1.29 is 9.47 Å². The Morgan fingerprint density at radius 2 is 1.95 bits per heavy atom. The predicted octanol–water partition coefficient (Wildman–Crippen LogP) is 2.85. The van der Waals surface area contributed by atoms with Crippen LogP contribution in [-0.4, -0.2) is 34.3 Å². The molecule has 0 amide bonds. The molecule has 0 radical (unpaired) electrons. The predicted molar refractivity (Wildman–Crippen MR) is 86.9 cm³/mol. The molecule has 0 aliphatic rings. The van der Waals surface area contributed by atoms with Crippen molar-refractivity contribution >= 4 is 22.6 Å². The van der Waals surface area contributed by atoms with E-state index in [1.54, 1.807) is 6.20 Å². The van der Waals surface area contributed by atoms with Crippen molar-refractivity contribution in [3.63, 3.8) is 0 Å². The molecule has 2 aromatic rings. The summed E-state index contributed by atoms with van der Waals surface area (Å²) in [5.41, 5.74) is 7.20. The fourth-order valence-corrected chi connectivity index (χ4v) is 2.54. The van der Waals surface area contributed by atoms with E-state index in [0.29, 0.717) is 19.8 Å². The first-order valence-corrected chi connectivity index (χ1v) is 7.80. The van der Waals surface area contributed by atoms with Gasteiger partial charge >= 0.3 is 0 Å². The second-order valence-corrected chi connectivity index (χ2v) is 5.92. The Balaban J connectivity index is 2.68. The van der Waals surface area contributed by atoms with E-state index in [4.69, 9.17) is 26.8 Å². The first-order chi connectivity index (χ1) is 10.4. The van der Waals surface area contributed by atoms with Crippen molar-refractivity contribution in [1.82, 2.24) is 14.5 Å². The van der Waals surface area contributed by atoms with Crippen LogP contribution >= 0.6 is 11.6 Å². The van der Waals surface area contributed by atoms with Crippen molar-refractivity contribution in [2.75, 3.05) is 19.8 Å². The topological polar surface area (TPSA) is 75.2 Å². The average molecular weight is 327 g/mol. The number of nitrogens with zero attached hydrogens (tertiary/aromatic N) is 3. The highest BCUT2D eigenvalue weighted by atomic mass is 35.5. The molecule has 0 aliphatic carbocycles. The highest BCUT2D eigenvalue weighted by Crippen LogP contribution is 2.32. The zero-order valence-electron chi connectivity index (χ0n) is 13.5. The largest absolute Gasteiger partial charge is 0.347 e. The molecule has 2 N–H and O–H groups in total. The Morgan fingerprint density at radius 1 is 1.32 bits per heavy atom. The van der Waals surface area contributed by atoms with Crippen molar-refractivity contribution in [3.8, 4) is 0 Å². The van der Waals surface area contributed by atoms with E-state index in [9.17, 15) is 0 Å². The van der Waals surface area contributed by atoms with Gasteiger partial charge in [0.2, 0.25) is 5.28 Å². The molecule has 122 valence electrons. The molecule has 0 saturated carbocycles. The van der Waals surface area contributed by atoms with E-state index in [1.807, 2.05) is 38.3 Å². The van der Waals surface area contributed by atoms with Gasteiger partial charge in [0.1, 0.15) is 5.65 Å². The molecule has 2 heterocycles. The number of fused-ring (bicyclic) bond motifs is 1. The van der Waals surface area contributed by atoms with Crippen LogP contribution in [0.15, 0.2) is 12.3 Å². The summed E-state index contributed by atoms with van der Waals surface area (Å²) >= 11 is 5.97. The van der Waals surface area contributed by atoms with Crippen molar-refractivity contribution in [2.24, 2.45) is 5.73 Å². The molecule has 2 aromatic heterocycles. The first-order valence-electron chi connectivity index (χ1n) is 7.42. The number of ether oxygens (including phenoxy) is 2. The van der Waals surface area contributed by atoms with Gasteiger partial charge in [0.05, 0.1) is 11.2 Å². The maximum absolute atomic E-state index is 5.97. The van der Waals surface area contributed by atoms with Crippen LogP contribution in [0.4, 0.5) is 0 Å². The summed E-state index contributed by atoms with van der Waals surface area (Å²) in [5, 5.41) is 1.08. The van der Waals surface area contributed by atoms with Crippen LogP contribution in [0, 0.1) is 0 Å². The third kappa shape index (κ3) is 3.25. The second-order valence-electron chi connectivity index (χ2n) is 5.58. The maximum atomic E-state index is 5.97. The summed E-state index contributed by atoms with van der Waals surface area (Å²) in [7, 11) is 0. The van der Waals surface area contributed by atoms with Gasteiger partial charge in [-0.1, -0.05) is 0 Å². The average Bonchev–Trinajstić information content (AvgIpc) is 2.86. The first kappa shape index (κ1) is 17.1. The molecule has 0 unspecified atom stereocenters. The SMILES string of the molecule is CCOC(OCC)c1cc2cnc(Cl)nc2n1C(C)(C)CN. The second kappa shape index (κ2) is 6.91. The summed E-state index contributed by atoms with van der Waals surface area (Å²) in [5.74, 6) is 0. The zero-order valence-corrected chi connectivity index (χ0v) is 14.2. The van der Waals surface area contributed by atoms with E-state index >= 15 is 0 Å². The van der Waals surface area contributed by atoms with E-state index in [0.717, 1.165) is 16.7 Å². The minimum absolute atomic E-state index is 0.204. The van der Waals surface area contributed by atoms with Crippen LogP contribution in [0.3, 0.4) is 0 Å². The summed E-state index contributed by atoms with van der Waals surface area (Å²) in [4.78, 5) is 8.41. The Labute approximate surface area is 135 Å². The van der Waals surface area contributed by atoms with E-state index in [1.165, 1.54) is 0 Å². The van der Waals surface area contributed by atoms with Crippen LogP contribution in [0.5, 0.6) is 0 Å². The molecule has 6 nitrogen and oxygen atoms in total. The monoisotopic (exact) mass is 326 g/mol. The number of rotatable bonds is 7. The normalized spacial score (nSPS) is 12.5. The highest BCUT2D eigenvalue weighted by molar-refractivity contribution is 6.28. The number of nitrogens with two attached hydrogens (primary N) is 1. The van der Waals surface area contributed by atoms with Gasteiger partial charge in [0.25, 0.3) is 0 Å². The molecule has 0 bridgehead atoms.